The first-order valence-electron chi connectivity index (χ1n) is 5.48. The number of carbonyl (C=O) groups is 1. The highest BCUT2D eigenvalue weighted by molar-refractivity contribution is 5.85. The van der Waals surface area contributed by atoms with Crippen molar-refractivity contribution in [2.45, 2.75) is 38.8 Å². The molecule has 2 unspecified atom stereocenters. The van der Waals surface area contributed by atoms with Crippen LogP contribution in [0.2, 0.25) is 0 Å². The van der Waals surface area contributed by atoms with Crippen LogP contribution < -0.4 is 11.1 Å². The monoisotopic (exact) mass is 221 g/mol. The summed E-state index contributed by atoms with van der Waals surface area (Å²) >= 11 is 0. The van der Waals surface area contributed by atoms with Crippen LogP contribution in [0.5, 0.6) is 0 Å². The predicted octanol–water partition coefficient (Wildman–Crippen LogP) is 1.17. The second kappa shape index (κ2) is 5.07. The summed E-state index contributed by atoms with van der Waals surface area (Å²) < 4.78 is 0. The maximum Gasteiger partial charge on any atom is 0.242 e. The minimum absolute atomic E-state index is 0.220. The van der Waals surface area contributed by atoms with Gasteiger partial charge in [-0.1, -0.05) is 13.0 Å². The summed E-state index contributed by atoms with van der Waals surface area (Å²) in [5.41, 5.74) is 5.41. The van der Waals surface area contributed by atoms with E-state index < -0.39 is 5.54 Å². The third kappa shape index (κ3) is 2.58. The van der Waals surface area contributed by atoms with Gasteiger partial charge in [-0.15, -0.1) is 0 Å². The number of aromatic nitrogens is 1. The largest absolute Gasteiger partial charge is 0.368 e. The molecule has 0 radical (unpaired) electrons. The van der Waals surface area contributed by atoms with Gasteiger partial charge in [0.2, 0.25) is 5.91 Å². The molecule has 16 heavy (non-hydrogen) atoms. The number of hydrogen-bond donors (Lipinski definition) is 2. The van der Waals surface area contributed by atoms with Crippen LogP contribution in [0.15, 0.2) is 24.5 Å². The van der Waals surface area contributed by atoms with Crippen LogP contribution >= 0.6 is 0 Å². The normalized spacial score (nSPS) is 16.4. The second-order valence-electron chi connectivity index (χ2n) is 4.18. The Hall–Kier alpha value is -1.42. The molecule has 3 N–H and O–H groups in total. The summed E-state index contributed by atoms with van der Waals surface area (Å²) in [6, 6.07) is 3.87. The molecule has 1 heterocycles. The Labute approximate surface area is 96.3 Å². The lowest BCUT2D eigenvalue weighted by Gasteiger charge is -2.30. The number of nitrogens with zero attached hydrogens (tertiary/aromatic N) is 1. The van der Waals surface area contributed by atoms with E-state index in [4.69, 9.17) is 5.73 Å². The molecule has 4 heteroatoms. The Morgan fingerprint density at radius 1 is 1.69 bits per heavy atom. The number of primary amides is 1. The van der Waals surface area contributed by atoms with Gasteiger partial charge in [-0.25, -0.2) is 0 Å². The van der Waals surface area contributed by atoms with Crippen LogP contribution in [0.4, 0.5) is 0 Å². The minimum atomic E-state index is -0.857. The van der Waals surface area contributed by atoms with E-state index in [1.807, 2.05) is 13.0 Å². The first kappa shape index (κ1) is 12.6. The minimum Gasteiger partial charge on any atom is -0.368 e. The molecule has 1 aromatic heterocycles. The van der Waals surface area contributed by atoms with Crippen molar-refractivity contribution in [3.05, 3.63) is 30.1 Å². The number of rotatable bonds is 5. The number of nitrogens with one attached hydrogen (secondary N) is 1. The van der Waals surface area contributed by atoms with Crippen molar-refractivity contribution in [2.24, 2.45) is 5.73 Å². The first-order chi connectivity index (χ1) is 7.50. The van der Waals surface area contributed by atoms with Gasteiger partial charge in [0.05, 0.1) is 0 Å². The maximum atomic E-state index is 11.6. The summed E-state index contributed by atoms with van der Waals surface area (Å²) in [5.74, 6) is -0.388. The molecular formula is C12H19N3O. The molecule has 0 aliphatic heterocycles. The van der Waals surface area contributed by atoms with E-state index in [2.05, 4.69) is 17.2 Å². The zero-order valence-electron chi connectivity index (χ0n) is 10.0. The van der Waals surface area contributed by atoms with Gasteiger partial charge in [-0.2, -0.15) is 0 Å². The quantitative estimate of drug-likeness (QED) is 0.784. The SMILES string of the molecule is CCC(C)NC(C)(C(N)=O)c1cccnc1. The molecule has 0 saturated heterocycles. The van der Waals surface area contributed by atoms with Gasteiger partial charge >= 0.3 is 0 Å². The van der Waals surface area contributed by atoms with E-state index in [-0.39, 0.29) is 11.9 Å². The summed E-state index contributed by atoms with van der Waals surface area (Å²) in [5, 5.41) is 3.24. The maximum absolute atomic E-state index is 11.6. The molecule has 0 saturated carbocycles. The zero-order chi connectivity index (χ0) is 12.2. The highest BCUT2D eigenvalue weighted by Crippen LogP contribution is 2.20. The van der Waals surface area contributed by atoms with Gasteiger partial charge in [-0.3, -0.25) is 15.1 Å². The molecular weight excluding hydrogens is 202 g/mol. The highest BCUT2D eigenvalue weighted by atomic mass is 16.1. The first-order valence-corrected chi connectivity index (χ1v) is 5.48. The summed E-state index contributed by atoms with van der Waals surface area (Å²) in [4.78, 5) is 15.6. The topological polar surface area (TPSA) is 68.0 Å². The van der Waals surface area contributed by atoms with Crippen molar-refractivity contribution in [2.75, 3.05) is 0 Å². The average Bonchev–Trinajstić information content (AvgIpc) is 2.29. The Kier molecular flexibility index (Phi) is 4.01. The van der Waals surface area contributed by atoms with Gasteiger partial charge in [0, 0.05) is 18.4 Å². The van der Waals surface area contributed by atoms with Crippen molar-refractivity contribution in [1.29, 1.82) is 0 Å². The van der Waals surface area contributed by atoms with Gasteiger partial charge in [0.15, 0.2) is 0 Å². The van der Waals surface area contributed by atoms with Crippen molar-refractivity contribution in [3.63, 3.8) is 0 Å². The van der Waals surface area contributed by atoms with E-state index in [0.717, 1.165) is 12.0 Å². The van der Waals surface area contributed by atoms with Crippen LogP contribution in [-0.2, 0) is 10.3 Å². The average molecular weight is 221 g/mol. The fourth-order valence-electron chi connectivity index (χ4n) is 1.55. The molecule has 0 fully saturated rings. The van der Waals surface area contributed by atoms with Crippen molar-refractivity contribution >= 4 is 5.91 Å². The number of amides is 1. The zero-order valence-corrected chi connectivity index (χ0v) is 10.0. The summed E-state index contributed by atoms with van der Waals surface area (Å²) in [6.45, 7) is 5.87. The Balaban J connectivity index is 3.02. The molecule has 4 nitrogen and oxygen atoms in total. The molecule has 88 valence electrons. The third-order valence-corrected chi connectivity index (χ3v) is 2.88. The summed E-state index contributed by atoms with van der Waals surface area (Å²) in [7, 11) is 0. The van der Waals surface area contributed by atoms with Gasteiger partial charge in [0.25, 0.3) is 0 Å². The molecule has 1 rings (SSSR count). The molecule has 0 bridgehead atoms. The van der Waals surface area contributed by atoms with Crippen LogP contribution in [0.25, 0.3) is 0 Å². The third-order valence-electron chi connectivity index (χ3n) is 2.88. The fraction of sp³-hybridized carbons (Fsp3) is 0.500. The Morgan fingerprint density at radius 2 is 2.38 bits per heavy atom. The van der Waals surface area contributed by atoms with E-state index >= 15 is 0 Å². The molecule has 0 aliphatic rings. The molecule has 0 spiro atoms. The predicted molar refractivity (Wildman–Crippen MR) is 63.7 cm³/mol. The Bertz CT molecular complexity index is 353. The number of carbonyl (C=O) groups excluding carboxylic acids is 1. The van der Waals surface area contributed by atoms with Crippen LogP contribution in [0.3, 0.4) is 0 Å². The van der Waals surface area contributed by atoms with E-state index in [1.54, 1.807) is 25.4 Å². The lowest BCUT2D eigenvalue weighted by Crippen LogP contribution is -2.53. The highest BCUT2D eigenvalue weighted by Gasteiger charge is 2.34. The number of nitrogens with two attached hydrogens (primary N) is 1. The van der Waals surface area contributed by atoms with E-state index in [9.17, 15) is 4.79 Å². The van der Waals surface area contributed by atoms with Crippen molar-refractivity contribution in [1.82, 2.24) is 10.3 Å². The van der Waals surface area contributed by atoms with Crippen LogP contribution in [-0.4, -0.2) is 16.9 Å². The molecule has 1 aromatic rings. The van der Waals surface area contributed by atoms with E-state index in [0.29, 0.717) is 0 Å². The lowest BCUT2D eigenvalue weighted by molar-refractivity contribution is -0.124. The summed E-state index contributed by atoms with van der Waals surface area (Å²) in [6.07, 6.45) is 4.28. The molecule has 0 aliphatic carbocycles. The standard InChI is InChI=1S/C12H19N3O/c1-4-9(2)15-12(3,11(13)16)10-6-5-7-14-8-10/h5-9,15H,4H2,1-3H3,(H2,13,16). The van der Waals surface area contributed by atoms with Gasteiger partial charge in [-0.05, 0) is 31.9 Å². The molecule has 1 amide bonds. The second-order valence-corrected chi connectivity index (χ2v) is 4.18. The number of hydrogen-bond acceptors (Lipinski definition) is 3. The van der Waals surface area contributed by atoms with Gasteiger partial charge < -0.3 is 5.73 Å². The fourth-order valence-corrected chi connectivity index (χ4v) is 1.55. The van der Waals surface area contributed by atoms with E-state index in [1.165, 1.54) is 0 Å². The molecule has 2 atom stereocenters. The Morgan fingerprint density at radius 3 is 2.81 bits per heavy atom. The van der Waals surface area contributed by atoms with Crippen molar-refractivity contribution < 1.29 is 4.79 Å². The smallest absolute Gasteiger partial charge is 0.242 e. The van der Waals surface area contributed by atoms with Crippen LogP contribution in [0.1, 0.15) is 32.8 Å². The molecule has 0 aromatic carbocycles. The van der Waals surface area contributed by atoms with Gasteiger partial charge in [0.1, 0.15) is 5.54 Å². The lowest BCUT2D eigenvalue weighted by atomic mass is 9.91. The van der Waals surface area contributed by atoms with Crippen LogP contribution in [0, 0.1) is 0 Å². The van der Waals surface area contributed by atoms with Crippen molar-refractivity contribution in [3.8, 4) is 0 Å². The number of pyridine rings is 1.